The smallest absolute Gasteiger partial charge is 0.191 e. The number of hydrogen-bond acceptors (Lipinski definition) is 2. The first-order chi connectivity index (χ1) is 9.49. The Balaban J connectivity index is 2.29. The van der Waals surface area contributed by atoms with Gasteiger partial charge < -0.3 is 5.73 Å². The van der Waals surface area contributed by atoms with E-state index in [4.69, 9.17) is 5.73 Å². The molecule has 20 heavy (non-hydrogen) atoms. The average Bonchev–Trinajstić information content (AvgIpc) is 2.43. The maximum atomic E-state index is 13.7. The first-order valence-electron chi connectivity index (χ1n) is 5.70. The van der Waals surface area contributed by atoms with Crippen molar-refractivity contribution in [1.29, 1.82) is 0 Å². The van der Waals surface area contributed by atoms with Gasteiger partial charge in [0.05, 0.1) is 10.0 Å². The second-order valence-corrected chi connectivity index (χ2v) is 4.94. The Morgan fingerprint density at radius 2 is 1.75 bits per heavy atom. The summed E-state index contributed by atoms with van der Waals surface area (Å²) in [7, 11) is 0. The molecule has 0 aliphatic rings. The first kappa shape index (κ1) is 14.4. The van der Waals surface area contributed by atoms with Crippen LogP contribution in [0.15, 0.2) is 46.9 Å². The number of anilines is 1. The summed E-state index contributed by atoms with van der Waals surface area (Å²) < 4.78 is 27.3. The van der Waals surface area contributed by atoms with E-state index in [1.165, 1.54) is 12.1 Å². The van der Waals surface area contributed by atoms with Crippen LogP contribution in [0.25, 0.3) is 6.08 Å². The molecule has 0 aliphatic heterocycles. The number of halogens is 3. The maximum Gasteiger partial charge on any atom is 0.191 e. The maximum absolute atomic E-state index is 13.7. The average molecular weight is 338 g/mol. The lowest BCUT2D eigenvalue weighted by Gasteiger charge is -2.02. The van der Waals surface area contributed by atoms with Gasteiger partial charge in [0.15, 0.2) is 11.6 Å². The fourth-order valence-corrected chi connectivity index (χ4v) is 1.95. The van der Waals surface area contributed by atoms with E-state index < -0.39 is 23.0 Å². The lowest BCUT2D eigenvalue weighted by atomic mass is 10.1. The highest BCUT2D eigenvalue weighted by molar-refractivity contribution is 9.10. The van der Waals surface area contributed by atoms with E-state index in [2.05, 4.69) is 15.9 Å². The quantitative estimate of drug-likeness (QED) is 0.394. The Bertz CT molecular complexity index is 681. The number of carbonyl (C=O) groups excluding carboxylic acids is 1. The molecule has 2 N–H and O–H groups in total. The lowest BCUT2D eigenvalue weighted by Crippen LogP contribution is -2.03. The third kappa shape index (κ3) is 3.11. The molecule has 2 aromatic carbocycles. The minimum Gasteiger partial charge on any atom is -0.399 e. The highest BCUT2D eigenvalue weighted by atomic mass is 79.9. The van der Waals surface area contributed by atoms with Gasteiger partial charge in [0.2, 0.25) is 0 Å². The summed E-state index contributed by atoms with van der Waals surface area (Å²) in [6.45, 7) is 0. The molecule has 0 amide bonds. The fourth-order valence-electron chi connectivity index (χ4n) is 1.62. The Morgan fingerprint density at radius 1 is 1.10 bits per heavy atom. The minimum atomic E-state index is -0.906. The summed E-state index contributed by atoms with van der Waals surface area (Å²) in [4.78, 5) is 11.9. The highest BCUT2D eigenvalue weighted by Gasteiger charge is 2.17. The standard InChI is InChI=1S/C15H10BrF2NO/c16-11-6-7-12(17)14(15(11)18)13(20)8-3-9-1-4-10(19)5-2-9/h1-8H,19H2/b8-3+. The van der Waals surface area contributed by atoms with E-state index in [1.807, 2.05) is 0 Å². The Kier molecular flexibility index (Phi) is 4.29. The number of allylic oxidation sites excluding steroid dienone is 1. The van der Waals surface area contributed by atoms with Gasteiger partial charge in [-0.05, 0) is 51.8 Å². The van der Waals surface area contributed by atoms with E-state index in [1.54, 1.807) is 24.3 Å². The van der Waals surface area contributed by atoms with E-state index in [0.29, 0.717) is 11.3 Å². The molecule has 0 radical (unpaired) electrons. The van der Waals surface area contributed by atoms with Crippen LogP contribution in [0.2, 0.25) is 0 Å². The van der Waals surface area contributed by atoms with Crippen molar-refractivity contribution < 1.29 is 13.6 Å². The van der Waals surface area contributed by atoms with Crippen LogP contribution >= 0.6 is 15.9 Å². The molecule has 0 fully saturated rings. The molecule has 2 rings (SSSR count). The van der Waals surface area contributed by atoms with Gasteiger partial charge in [-0.3, -0.25) is 4.79 Å². The summed E-state index contributed by atoms with van der Waals surface area (Å²) in [5.41, 5.74) is 6.26. The van der Waals surface area contributed by atoms with E-state index >= 15 is 0 Å². The largest absolute Gasteiger partial charge is 0.399 e. The zero-order chi connectivity index (χ0) is 14.7. The lowest BCUT2D eigenvalue weighted by molar-refractivity contribution is 0.104. The molecule has 102 valence electrons. The molecular formula is C15H10BrF2NO. The fraction of sp³-hybridized carbons (Fsp3) is 0. The number of benzene rings is 2. The molecule has 0 unspecified atom stereocenters. The summed E-state index contributed by atoms with van der Waals surface area (Å²) in [5, 5.41) is 0. The number of nitrogen functional groups attached to an aromatic ring is 1. The van der Waals surface area contributed by atoms with Gasteiger partial charge in [-0.1, -0.05) is 18.2 Å². The van der Waals surface area contributed by atoms with Crippen molar-refractivity contribution in [3.8, 4) is 0 Å². The Hall–Kier alpha value is -2.01. The molecule has 5 heteroatoms. The molecule has 0 saturated heterocycles. The van der Waals surface area contributed by atoms with Gasteiger partial charge in [-0.25, -0.2) is 8.78 Å². The van der Waals surface area contributed by atoms with Gasteiger partial charge in [0.25, 0.3) is 0 Å². The number of rotatable bonds is 3. The zero-order valence-corrected chi connectivity index (χ0v) is 11.8. The molecular weight excluding hydrogens is 328 g/mol. The van der Waals surface area contributed by atoms with Crippen molar-refractivity contribution in [2.45, 2.75) is 0 Å². The van der Waals surface area contributed by atoms with Crippen molar-refractivity contribution in [3.05, 3.63) is 69.7 Å². The number of carbonyl (C=O) groups is 1. The molecule has 0 aromatic heterocycles. The molecule has 0 spiro atoms. The topological polar surface area (TPSA) is 43.1 Å². The zero-order valence-electron chi connectivity index (χ0n) is 10.2. The second-order valence-electron chi connectivity index (χ2n) is 4.08. The Labute approximate surface area is 123 Å². The van der Waals surface area contributed by atoms with Crippen LogP contribution in [0.1, 0.15) is 15.9 Å². The van der Waals surface area contributed by atoms with Crippen LogP contribution in [0.5, 0.6) is 0 Å². The molecule has 0 saturated carbocycles. The minimum absolute atomic E-state index is 0.0446. The monoisotopic (exact) mass is 337 g/mol. The first-order valence-corrected chi connectivity index (χ1v) is 6.50. The van der Waals surface area contributed by atoms with Crippen molar-refractivity contribution >= 4 is 33.5 Å². The van der Waals surface area contributed by atoms with Crippen molar-refractivity contribution in [2.75, 3.05) is 5.73 Å². The van der Waals surface area contributed by atoms with Gasteiger partial charge in [0, 0.05) is 5.69 Å². The molecule has 0 bridgehead atoms. The SMILES string of the molecule is Nc1ccc(/C=C/C(=O)c2c(F)ccc(Br)c2F)cc1. The third-order valence-corrected chi connectivity index (χ3v) is 3.27. The molecule has 0 heterocycles. The third-order valence-electron chi connectivity index (χ3n) is 2.65. The highest BCUT2D eigenvalue weighted by Crippen LogP contribution is 2.22. The van der Waals surface area contributed by atoms with Crippen LogP contribution in [-0.4, -0.2) is 5.78 Å². The number of nitrogens with two attached hydrogens (primary N) is 1. The summed E-state index contributed by atoms with van der Waals surface area (Å²) in [6, 6.07) is 9.00. The van der Waals surface area contributed by atoms with Crippen LogP contribution in [0, 0.1) is 11.6 Å². The number of ketones is 1. The molecule has 2 nitrogen and oxygen atoms in total. The second kappa shape index (κ2) is 5.96. The van der Waals surface area contributed by atoms with Crippen molar-refractivity contribution in [3.63, 3.8) is 0 Å². The van der Waals surface area contributed by atoms with E-state index in [9.17, 15) is 13.6 Å². The van der Waals surface area contributed by atoms with E-state index in [0.717, 1.165) is 12.1 Å². The van der Waals surface area contributed by atoms with Crippen LogP contribution in [0.3, 0.4) is 0 Å². The predicted octanol–water partition coefficient (Wildman–Crippen LogP) is 4.21. The summed E-state index contributed by atoms with van der Waals surface area (Å²) >= 11 is 2.92. The molecule has 0 atom stereocenters. The number of hydrogen-bond donors (Lipinski definition) is 1. The van der Waals surface area contributed by atoms with Gasteiger partial charge in [0.1, 0.15) is 5.82 Å². The van der Waals surface area contributed by atoms with Gasteiger partial charge in [-0.2, -0.15) is 0 Å². The van der Waals surface area contributed by atoms with Gasteiger partial charge in [-0.15, -0.1) is 0 Å². The summed E-state index contributed by atoms with van der Waals surface area (Å²) in [5.74, 6) is -2.53. The van der Waals surface area contributed by atoms with Crippen LogP contribution in [0.4, 0.5) is 14.5 Å². The predicted molar refractivity (Wildman–Crippen MR) is 78.3 cm³/mol. The Morgan fingerprint density at radius 3 is 2.40 bits per heavy atom. The molecule has 0 aliphatic carbocycles. The molecule has 2 aromatic rings. The van der Waals surface area contributed by atoms with Gasteiger partial charge >= 0.3 is 0 Å². The van der Waals surface area contributed by atoms with Crippen LogP contribution < -0.4 is 5.73 Å². The van der Waals surface area contributed by atoms with Crippen molar-refractivity contribution in [2.24, 2.45) is 0 Å². The van der Waals surface area contributed by atoms with Crippen LogP contribution in [-0.2, 0) is 0 Å². The van der Waals surface area contributed by atoms with Crippen molar-refractivity contribution in [1.82, 2.24) is 0 Å². The summed E-state index contributed by atoms with van der Waals surface area (Å²) in [6.07, 6.45) is 2.60. The normalized spacial score (nSPS) is 10.9. The van der Waals surface area contributed by atoms with E-state index in [-0.39, 0.29) is 4.47 Å².